The number of hydrogen-bond acceptors (Lipinski definition) is 5. The van der Waals surface area contributed by atoms with Crippen molar-refractivity contribution in [2.24, 2.45) is 0 Å². The normalized spacial score (nSPS) is 15.6. The predicted molar refractivity (Wildman–Crippen MR) is 100 cm³/mol. The van der Waals surface area contributed by atoms with Crippen LogP contribution >= 0.6 is 0 Å². The lowest BCUT2D eigenvalue weighted by Gasteiger charge is -2.26. The Labute approximate surface area is 153 Å². The van der Waals surface area contributed by atoms with Gasteiger partial charge in [0, 0.05) is 18.7 Å². The number of anilines is 2. The number of benzene rings is 1. The van der Waals surface area contributed by atoms with Crippen LogP contribution in [0.25, 0.3) is 0 Å². The average molecular weight is 374 g/mol. The van der Waals surface area contributed by atoms with Crippen molar-refractivity contribution in [3.8, 4) is 0 Å². The van der Waals surface area contributed by atoms with Gasteiger partial charge in [-0.2, -0.15) is 4.31 Å². The van der Waals surface area contributed by atoms with Crippen LogP contribution in [0.4, 0.5) is 11.5 Å². The van der Waals surface area contributed by atoms with E-state index in [1.807, 2.05) is 0 Å². The predicted octanol–water partition coefficient (Wildman–Crippen LogP) is 2.40. The highest BCUT2D eigenvalue weighted by Crippen LogP contribution is 2.23. The molecule has 0 spiro atoms. The number of piperidine rings is 1. The highest BCUT2D eigenvalue weighted by atomic mass is 32.2. The summed E-state index contributed by atoms with van der Waals surface area (Å²) >= 11 is 0. The first-order chi connectivity index (χ1) is 12.4. The second-order valence-corrected chi connectivity index (χ2v) is 8.31. The Kier molecular flexibility index (Phi) is 5.24. The van der Waals surface area contributed by atoms with E-state index in [2.05, 4.69) is 10.3 Å². The topological polar surface area (TPSA) is 105 Å². The van der Waals surface area contributed by atoms with Gasteiger partial charge in [0.05, 0.1) is 16.8 Å². The molecule has 0 unspecified atom stereocenters. The maximum absolute atomic E-state index is 12.8. The number of pyridine rings is 1. The van der Waals surface area contributed by atoms with E-state index in [1.165, 1.54) is 16.6 Å². The molecule has 1 amide bonds. The number of aryl methyl sites for hydroxylation is 1. The smallest absolute Gasteiger partial charge is 0.256 e. The molecule has 3 N–H and O–H groups in total. The van der Waals surface area contributed by atoms with Gasteiger partial charge in [-0.25, -0.2) is 13.4 Å². The number of rotatable bonds is 4. The van der Waals surface area contributed by atoms with Crippen LogP contribution in [-0.2, 0) is 10.0 Å². The fraction of sp³-hybridized carbons (Fsp3) is 0.333. The molecule has 1 aliphatic rings. The van der Waals surface area contributed by atoms with Crippen molar-refractivity contribution >= 4 is 27.4 Å². The van der Waals surface area contributed by atoms with Crippen molar-refractivity contribution in [2.75, 3.05) is 24.1 Å². The van der Waals surface area contributed by atoms with Crippen LogP contribution in [0.5, 0.6) is 0 Å². The van der Waals surface area contributed by atoms with Crippen LogP contribution in [0.15, 0.2) is 41.4 Å². The number of nitrogens with zero attached hydrogens (tertiary/aromatic N) is 2. The Balaban J connectivity index is 1.87. The van der Waals surface area contributed by atoms with Gasteiger partial charge in [-0.05, 0) is 49.6 Å². The third-order valence-electron chi connectivity index (χ3n) is 4.45. The number of hydrogen-bond donors (Lipinski definition) is 2. The van der Waals surface area contributed by atoms with E-state index in [9.17, 15) is 13.2 Å². The number of aromatic nitrogens is 1. The van der Waals surface area contributed by atoms with Crippen molar-refractivity contribution in [1.82, 2.24) is 9.29 Å². The Hall–Kier alpha value is -2.45. The number of amides is 1. The van der Waals surface area contributed by atoms with E-state index in [1.54, 1.807) is 31.2 Å². The molecule has 26 heavy (non-hydrogen) atoms. The Bertz CT molecular complexity index is 905. The molecule has 8 heteroatoms. The molecule has 3 rings (SSSR count). The lowest BCUT2D eigenvalue weighted by Crippen LogP contribution is -2.35. The number of nitrogen functional groups attached to an aromatic ring is 1. The lowest BCUT2D eigenvalue weighted by atomic mass is 10.1. The number of carbonyl (C=O) groups excluding carboxylic acids is 1. The third kappa shape index (κ3) is 3.86. The number of carbonyl (C=O) groups is 1. The van der Waals surface area contributed by atoms with Gasteiger partial charge >= 0.3 is 0 Å². The van der Waals surface area contributed by atoms with Crippen LogP contribution in [0.3, 0.4) is 0 Å². The van der Waals surface area contributed by atoms with Crippen molar-refractivity contribution in [3.63, 3.8) is 0 Å². The Morgan fingerprint density at radius 3 is 2.54 bits per heavy atom. The minimum atomic E-state index is -3.59. The fourth-order valence-electron chi connectivity index (χ4n) is 2.94. The van der Waals surface area contributed by atoms with Crippen LogP contribution in [-0.4, -0.2) is 36.7 Å². The van der Waals surface area contributed by atoms with Gasteiger partial charge in [0.15, 0.2) is 0 Å². The maximum atomic E-state index is 12.8. The first kappa shape index (κ1) is 18.3. The minimum Gasteiger partial charge on any atom is -0.384 e. The lowest BCUT2D eigenvalue weighted by molar-refractivity contribution is 0.102. The Morgan fingerprint density at radius 2 is 1.88 bits per heavy atom. The summed E-state index contributed by atoms with van der Waals surface area (Å²) in [5, 5.41) is 2.72. The molecule has 1 fully saturated rings. The molecule has 0 saturated carbocycles. The monoisotopic (exact) mass is 374 g/mol. The second kappa shape index (κ2) is 7.43. The van der Waals surface area contributed by atoms with Gasteiger partial charge in [-0.1, -0.05) is 12.5 Å². The number of sulfonamides is 1. The summed E-state index contributed by atoms with van der Waals surface area (Å²) < 4.78 is 27.2. The quantitative estimate of drug-likeness (QED) is 0.855. The summed E-state index contributed by atoms with van der Waals surface area (Å²) in [6.07, 6.45) is 4.23. The first-order valence-electron chi connectivity index (χ1n) is 8.51. The first-order valence-corrected chi connectivity index (χ1v) is 9.95. The second-order valence-electron chi connectivity index (χ2n) is 6.37. The van der Waals surface area contributed by atoms with Crippen molar-refractivity contribution < 1.29 is 13.2 Å². The van der Waals surface area contributed by atoms with Crippen molar-refractivity contribution in [1.29, 1.82) is 0 Å². The molecule has 0 atom stereocenters. The summed E-state index contributed by atoms with van der Waals surface area (Å²) in [6, 6.07) is 7.89. The molecule has 0 radical (unpaired) electrons. The summed E-state index contributed by atoms with van der Waals surface area (Å²) in [4.78, 5) is 16.7. The van der Waals surface area contributed by atoms with Gasteiger partial charge in [-0.15, -0.1) is 0 Å². The molecule has 1 aromatic heterocycles. The zero-order valence-electron chi connectivity index (χ0n) is 14.6. The van der Waals surface area contributed by atoms with Crippen molar-refractivity contribution in [3.05, 3.63) is 47.7 Å². The van der Waals surface area contributed by atoms with Crippen LogP contribution in [0.1, 0.15) is 35.2 Å². The van der Waals surface area contributed by atoms with E-state index >= 15 is 0 Å². The van der Waals surface area contributed by atoms with Crippen LogP contribution < -0.4 is 11.1 Å². The molecule has 138 valence electrons. The standard InChI is InChI=1S/C18H22N4O3S/c1-13-5-7-15(26(24,25)22-9-3-2-4-10-22)11-16(13)18(23)21-14-6-8-17(19)20-12-14/h5-8,11-12H,2-4,9-10H2,1H3,(H2,19,20)(H,21,23). The molecule has 1 saturated heterocycles. The van der Waals surface area contributed by atoms with Gasteiger partial charge in [0.25, 0.3) is 5.91 Å². The van der Waals surface area contributed by atoms with Gasteiger partial charge < -0.3 is 11.1 Å². The van der Waals surface area contributed by atoms with E-state index < -0.39 is 10.0 Å². The molecule has 2 heterocycles. The van der Waals surface area contributed by atoms with E-state index in [4.69, 9.17) is 5.73 Å². The van der Waals surface area contributed by atoms with Crippen molar-refractivity contribution in [2.45, 2.75) is 31.1 Å². The molecule has 0 bridgehead atoms. The van der Waals surface area contributed by atoms with Crippen LogP contribution in [0, 0.1) is 6.92 Å². The highest BCUT2D eigenvalue weighted by Gasteiger charge is 2.27. The minimum absolute atomic E-state index is 0.144. The molecular weight excluding hydrogens is 352 g/mol. The summed E-state index contributed by atoms with van der Waals surface area (Å²) in [5.74, 6) is -0.0291. The fourth-order valence-corrected chi connectivity index (χ4v) is 4.48. The van der Waals surface area contributed by atoms with Gasteiger partial charge in [0.2, 0.25) is 10.0 Å². The Morgan fingerprint density at radius 1 is 1.15 bits per heavy atom. The molecular formula is C18H22N4O3S. The van der Waals surface area contributed by atoms with E-state index in [0.717, 1.165) is 19.3 Å². The third-order valence-corrected chi connectivity index (χ3v) is 6.35. The van der Waals surface area contributed by atoms with Crippen LogP contribution in [0.2, 0.25) is 0 Å². The molecule has 2 aromatic rings. The zero-order chi connectivity index (χ0) is 18.7. The molecule has 1 aliphatic heterocycles. The SMILES string of the molecule is Cc1ccc(S(=O)(=O)N2CCCCC2)cc1C(=O)Nc1ccc(N)nc1. The zero-order valence-corrected chi connectivity index (χ0v) is 15.4. The summed E-state index contributed by atoms with van der Waals surface area (Å²) in [5.41, 5.74) is 7.05. The average Bonchev–Trinajstić information content (AvgIpc) is 2.64. The molecule has 1 aromatic carbocycles. The van der Waals surface area contributed by atoms with Gasteiger partial charge in [-0.3, -0.25) is 4.79 Å². The molecule has 0 aliphatic carbocycles. The maximum Gasteiger partial charge on any atom is 0.256 e. The molecule has 7 nitrogen and oxygen atoms in total. The summed E-state index contributed by atoms with van der Waals surface area (Å²) in [7, 11) is -3.59. The van der Waals surface area contributed by atoms with E-state index in [-0.39, 0.29) is 10.8 Å². The van der Waals surface area contributed by atoms with Gasteiger partial charge in [0.1, 0.15) is 5.82 Å². The van der Waals surface area contributed by atoms with E-state index in [0.29, 0.717) is 35.7 Å². The largest absolute Gasteiger partial charge is 0.384 e. The summed E-state index contributed by atoms with van der Waals surface area (Å²) in [6.45, 7) is 2.82. The number of nitrogens with two attached hydrogens (primary N) is 1. The highest BCUT2D eigenvalue weighted by molar-refractivity contribution is 7.89. The number of nitrogens with one attached hydrogen (secondary N) is 1.